The van der Waals surface area contributed by atoms with Gasteiger partial charge >= 0.3 is 0 Å². The molecule has 0 aliphatic rings. The number of rotatable bonds is 14. The van der Waals surface area contributed by atoms with Gasteiger partial charge in [0.1, 0.15) is 23.8 Å². The Labute approximate surface area is 213 Å². The van der Waals surface area contributed by atoms with Gasteiger partial charge in [0, 0.05) is 6.20 Å². The van der Waals surface area contributed by atoms with Crippen LogP contribution in [0.4, 0.5) is 0 Å². The lowest BCUT2D eigenvalue weighted by atomic mass is 10.0. The van der Waals surface area contributed by atoms with E-state index in [0.29, 0.717) is 11.3 Å². The highest BCUT2D eigenvalue weighted by atomic mass is 16.3. The summed E-state index contributed by atoms with van der Waals surface area (Å²) in [5.74, 6) is -3.64. The summed E-state index contributed by atoms with van der Waals surface area (Å²) < 4.78 is 0. The van der Waals surface area contributed by atoms with Crippen molar-refractivity contribution in [2.24, 2.45) is 5.73 Å². The summed E-state index contributed by atoms with van der Waals surface area (Å²) in [7, 11) is 0. The van der Waals surface area contributed by atoms with Gasteiger partial charge < -0.3 is 42.2 Å². The smallest absolute Gasteiger partial charge is 0.268 e. The first kappa shape index (κ1) is 29.0. The molecule has 4 atom stereocenters. The largest absolute Gasteiger partial charge is 0.394 e. The number of H-pyrrole nitrogens is 1. The van der Waals surface area contributed by atoms with Crippen LogP contribution in [0.3, 0.4) is 0 Å². The Morgan fingerprint density at radius 1 is 0.838 bits per heavy atom. The van der Waals surface area contributed by atoms with Crippen molar-refractivity contribution in [2.45, 2.75) is 43.9 Å². The fourth-order valence-electron chi connectivity index (χ4n) is 3.38. The van der Waals surface area contributed by atoms with E-state index in [1.165, 1.54) is 0 Å². The third-order valence-electron chi connectivity index (χ3n) is 5.46. The van der Waals surface area contributed by atoms with E-state index in [1.807, 2.05) is 0 Å². The highest BCUT2D eigenvalue weighted by Gasteiger charge is 2.28. The van der Waals surface area contributed by atoms with Gasteiger partial charge in [-0.15, -0.1) is 0 Å². The van der Waals surface area contributed by atoms with E-state index in [9.17, 15) is 29.1 Å². The minimum Gasteiger partial charge on any atom is -0.394 e. The molecule has 0 bridgehead atoms. The number of aliphatic hydroxyl groups excluding tert-OH is 2. The van der Waals surface area contributed by atoms with Crippen LogP contribution in [-0.4, -0.2) is 76.1 Å². The number of aromatic amines is 1. The maximum Gasteiger partial charge on any atom is 0.268 e. The van der Waals surface area contributed by atoms with E-state index in [1.54, 1.807) is 55.6 Å². The van der Waals surface area contributed by atoms with Gasteiger partial charge in [0.05, 0.1) is 25.7 Å². The Morgan fingerprint density at radius 3 is 2.00 bits per heavy atom. The lowest BCUT2D eigenvalue weighted by Crippen LogP contribution is -2.58. The number of hydrogen-bond donors (Lipinski definition) is 8. The highest BCUT2D eigenvalue weighted by Crippen LogP contribution is 2.17. The summed E-state index contributed by atoms with van der Waals surface area (Å²) in [6.45, 7) is 0.0681. The summed E-state index contributed by atoms with van der Waals surface area (Å²) in [5, 5.41) is 28.5. The molecule has 0 spiro atoms. The zero-order valence-electron chi connectivity index (χ0n) is 20.3. The second-order valence-electron chi connectivity index (χ2n) is 8.14. The number of benzene rings is 1. The minimum atomic E-state index is -1.45. The molecule has 200 valence electrons. The fraction of sp³-hybridized carbons (Fsp3) is 0.375. The fourth-order valence-corrected chi connectivity index (χ4v) is 3.38. The van der Waals surface area contributed by atoms with Crippen LogP contribution >= 0.6 is 0 Å². The van der Waals surface area contributed by atoms with Crippen LogP contribution in [0.2, 0.25) is 0 Å². The summed E-state index contributed by atoms with van der Waals surface area (Å²) >= 11 is 0. The van der Waals surface area contributed by atoms with Gasteiger partial charge in [-0.3, -0.25) is 24.0 Å². The van der Waals surface area contributed by atoms with Gasteiger partial charge in [-0.05, 0) is 24.1 Å². The summed E-state index contributed by atoms with van der Waals surface area (Å²) in [4.78, 5) is 64.5. The van der Waals surface area contributed by atoms with Crippen LogP contribution in [0.1, 0.15) is 41.9 Å². The molecule has 9 N–H and O–H groups in total. The molecule has 1 aromatic carbocycles. The standard InChI is InChI=1S/C24H32N6O7/c1-2-15(22(35)30-19(13-32)24(37)29-18(12-31)21(25)34)27-20(33)11-17(14-7-4-3-5-8-14)28-23(36)16-9-6-10-26-16/h3-10,15,17-19,26,31-32H,2,11-13H2,1H3,(H2,25,34)(H,27,33)(H,28,36)(H,29,37)(H,30,35)/t15-,17-,18-,19-/m0/s1. The molecule has 2 aromatic rings. The zero-order chi connectivity index (χ0) is 27.4. The average molecular weight is 517 g/mol. The third-order valence-corrected chi connectivity index (χ3v) is 5.46. The lowest BCUT2D eigenvalue weighted by molar-refractivity contribution is -0.134. The van der Waals surface area contributed by atoms with E-state index in [0.717, 1.165) is 0 Å². The first-order valence-corrected chi connectivity index (χ1v) is 11.6. The lowest BCUT2D eigenvalue weighted by Gasteiger charge is -2.24. The zero-order valence-corrected chi connectivity index (χ0v) is 20.3. The van der Waals surface area contributed by atoms with Gasteiger partial charge in [-0.1, -0.05) is 37.3 Å². The Morgan fingerprint density at radius 2 is 1.46 bits per heavy atom. The van der Waals surface area contributed by atoms with Crippen LogP contribution in [0.5, 0.6) is 0 Å². The van der Waals surface area contributed by atoms with Gasteiger partial charge in [0.25, 0.3) is 5.91 Å². The molecular formula is C24H32N6O7. The second-order valence-corrected chi connectivity index (χ2v) is 8.14. The van der Waals surface area contributed by atoms with Crippen molar-refractivity contribution >= 4 is 29.5 Å². The molecule has 0 saturated carbocycles. The molecule has 5 amide bonds. The van der Waals surface area contributed by atoms with Crippen LogP contribution < -0.4 is 27.0 Å². The number of carbonyl (C=O) groups is 5. The average Bonchev–Trinajstić information content (AvgIpc) is 3.44. The Kier molecular flexibility index (Phi) is 11.3. The van der Waals surface area contributed by atoms with Crippen molar-refractivity contribution in [1.82, 2.24) is 26.3 Å². The Balaban J connectivity index is 2.04. The van der Waals surface area contributed by atoms with Crippen molar-refractivity contribution in [3.8, 4) is 0 Å². The predicted octanol–water partition coefficient (Wildman–Crippen LogP) is -1.79. The Hall–Kier alpha value is -4.23. The third kappa shape index (κ3) is 8.74. The molecule has 0 aliphatic heterocycles. The predicted molar refractivity (Wildman–Crippen MR) is 132 cm³/mol. The van der Waals surface area contributed by atoms with E-state index in [4.69, 9.17) is 10.8 Å². The molecule has 37 heavy (non-hydrogen) atoms. The maximum absolute atomic E-state index is 12.9. The van der Waals surface area contributed by atoms with E-state index in [-0.39, 0.29) is 12.8 Å². The molecule has 0 aliphatic carbocycles. The van der Waals surface area contributed by atoms with Crippen molar-refractivity contribution < 1.29 is 34.2 Å². The second kappa shape index (κ2) is 14.4. The molecule has 1 heterocycles. The number of carbonyl (C=O) groups excluding carboxylic acids is 5. The molecule has 0 radical (unpaired) electrons. The Bertz CT molecular complexity index is 1060. The summed E-state index contributed by atoms with van der Waals surface area (Å²) in [5.41, 5.74) is 6.06. The van der Waals surface area contributed by atoms with Crippen LogP contribution in [0, 0.1) is 0 Å². The SMILES string of the molecule is CC[C@H](NC(=O)C[C@H](NC(=O)c1ccc[nH]1)c1ccccc1)C(=O)N[C@@H](CO)C(=O)N[C@@H](CO)C(N)=O. The molecule has 0 saturated heterocycles. The van der Waals surface area contributed by atoms with Crippen molar-refractivity contribution in [3.63, 3.8) is 0 Å². The van der Waals surface area contributed by atoms with Crippen LogP contribution in [-0.2, 0) is 19.2 Å². The summed E-state index contributed by atoms with van der Waals surface area (Å²) in [6.07, 6.45) is 1.57. The van der Waals surface area contributed by atoms with Crippen molar-refractivity contribution in [1.29, 1.82) is 0 Å². The van der Waals surface area contributed by atoms with Gasteiger partial charge in [-0.25, -0.2) is 0 Å². The topological polar surface area (TPSA) is 216 Å². The minimum absolute atomic E-state index is 0.155. The van der Waals surface area contributed by atoms with Gasteiger partial charge in [-0.2, -0.15) is 0 Å². The number of aliphatic hydroxyl groups is 2. The molecule has 2 rings (SSSR count). The number of hydrogen-bond acceptors (Lipinski definition) is 7. The van der Waals surface area contributed by atoms with Crippen molar-refractivity contribution in [3.05, 3.63) is 59.9 Å². The van der Waals surface area contributed by atoms with Crippen LogP contribution in [0.25, 0.3) is 0 Å². The number of amides is 5. The normalized spacial score (nSPS) is 13.9. The maximum atomic E-state index is 12.9. The molecule has 13 nitrogen and oxygen atoms in total. The van der Waals surface area contributed by atoms with Gasteiger partial charge in [0.2, 0.25) is 23.6 Å². The quantitative estimate of drug-likeness (QED) is 0.144. The monoisotopic (exact) mass is 516 g/mol. The molecule has 0 unspecified atom stereocenters. The first-order chi connectivity index (χ1) is 17.7. The molecule has 13 heteroatoms. The molecule has 1 aromatic heterocycles. The van der Waals surface area contributed by atoms with Gasteiger partial charge in [0.15, 0.2) is 0 Å². The summed E-state index contributed by atoms with van der Waals surface area (Å²) in [6, 6.07) is 7.50. The highest BCUT2D eigenvalue weighted by molar-refractivity contribution is 5.95. The van der Waals surface area contributed by atoms with E-state index in [2.05, 4.69) is 26.3 Å². The number of nitrogens with one attached hydrogen (secondary N) is 5. The van der Waals surface area contributed by atoms with E-state index < -0.39 is 66.9 Å². The van der Waals surface area contributed by atoms with E-state index >= 15 is 0 Å². The van der Waals surface area contributed by atoms with Crippen LogP contribution in [0.15, 0.2) is 48.7 Å². The molecule has 0 fully saturated rings. The number of aromatic nitrogens is 1. The first-order valence-electron chi connectivity index (χ1n) is 11.6. The number of primary amides is 1. The number of nitrogens with two attached hydrogens (primary N) is 1. The van der Waals surface area contributed by atoms with Crippen molar-refractivity contribution in [2.75, 3.05) is 13.2 Å². The molecular weight excluding hydrogens is 484 g/mol.